The molecule has 2 aromatic rings. The number of aromatic amines is 1. The molecule has 29 heavy (non-hydrogen) atoms. The molecular weight excluding hydrogens is 390 g/mol. The van der Waals surface area contributed by atoms with Gasteiger partial charge in [-0.05, 0) is 24.0 Å². The molecule has 1 amide bonds. The number of ether oxygens (including phenoxy) is 1. The van der Waals surface area contributed by atoms with Crippen LogP contribution in [0.15, 0.2) is 18.2 Å². The van der Waals surface area contributed by atoms with Crippen LogP contribution in [-0.2, 0) is 9.53 Å². The van der Waals surface area contributed by atoms with Crippen LogP contribution in [0.3, 0.4) is 0 Å². The van der Waals surface area contributed by atoms with Crippen LogP contribution in [0.5, 0.6) is 0 Å². The van der Waals surface area contributed by atoms with Gasteiger partial charge in [-0.25, -0.2) is 4.79 Å². The third kappa shape index (κ3) is 3.76. The molecule has 3 atom stereocenters. The Morgan fingerprint density at radius 1 is 1.31 bits per heavy atom. The Labute approximate surface area is 175 Å². The lowest BCUT2D eigenvalue weighted by Crippen LogP contribution is -3.15. The largest absolute Gasteiger partial charge is 0.464 e. The maximum Gasteiger partial charge on any atom is 0.356 e. The molecule has 4 rings (SSSR count). The zero-order valence-corrected chi connectivity index (χ0v) is 18.2. The van der Waals surface area contributed by atoms with E-state index in [9.17, 15) is 9.59 Å². The Balaban J connectivity index is 1.58. The Hall–Kier alpha value is -2.05. The lowest BCUT2D eigenvalue weighted by molar-refractivity contribution is -0.906. The Morgan fingerprint density at radius 2 is 2.07 bits per heavy atom. The van der Waals surface area contributed by atoms with Gasteiger partial charge >= 0.3 is 5.97 Å². The maximum atomic E-state index is 13.0. The normalized spacial score (nSPS) is 27.8. The number of benzene rings is 1. The van der Waals surface area contributed by atoms with Gasteiger partial charge < -0.3 is 19.9 Å². The van der Waals surface area contributed by atoms with E-state index < -0.39 is 5.97 Å². The first-order valence-corrected chi connectivity index (χ1v) is 10.5. The summed E-state index contributed by atoms with van der Waals surface area (Å²) >= 11 is 6.37. The first-order valence-electron chi connectivity index (χ1n) is 10.1. The average molecular weight is 419 g/mol. The molecule has 2 heterocycles. The summed E-state index contributed by atoms with van der Waals surface area (Å²) < 4.78 is 4.88. The van der Waals surface area contributed by atoms with E-state index >= 15 is 0 Å². The van der Waals surface area contributed by atoms with Crippen molar-refractivity contribution >= 4 is 40.1 Å². The van der Waals surface area contributed by atoms with Crippen LogP contribution in [0.2, 0.25) is 5.02 Å². The maximum absolute atomic E-state index is 13.0. The summed E-state index contributed by atoms with van der Waals surface area (Å²) in [5.74, 6) is -0.647. The number of amides is 1. The van der Waals surface area contributed by atoms with Crippen LogP contribution in [0.1, 0.15) is 50.5 Å². The van der Waals surface area contributed by atoms with Gasteiger partial charge in [0.1, 0.15) is 5.69 Å². The smallest absolute Gasteiger partial charge is 0.356 e. The number of anilines is 1. The summed E-state index contributed by atoms with van der Waals surface area (Å²) in [6, 6.07) is 5.86. The van der Waals surface area contributed by atoms with Crippen molar-refractivity contribution in [2.24, 2.45) is 10.8 Å². The summed E-state index contributed by atoms with van der Waals surface area (Å²) in [4.78, 5) is 29.6. The quantitative estimate of drug-likeness (QED) is 0.668. The number of H-pyrrole nitrogens is 1. The molecular formula is C22H29ClN3O3+. The van der Waals surface area contributed by atoms with E-state index in [2.05, 4.69) is 31.1 Å². The lowest BCUT2D eigenvalue weighted by atomic mass is 9.65. The van der Waals surface area contributed by atoms with Gasteiger partial charge in [-0.3, -0.25) is 4.79 Å². The number of fused-ring (bicyclic) bond motifs is 3. The highest BCUT2D eigenvalue weighted by Gasteiger charge is 2.53. The molecule has 7 heteroatoms. The minimum Gasteiger partial charge on any atom is -0.464 e. The van der Waals surface area contributed by atoms with Gasteiger partial charge in [0.25, 0.3) is 5.91 Å². The van der Waals surface area contributed by atoms with Crippen molar-refractivity contribution in [2.45, 2.75) is 46.1 Å². The van der Waals surface area contributed by atoms with Crippen LogP contribution in [0, 0.1) is 10.8 Å². The summed E-state index contributed by atoms with van der Waals surface area (Å²) in [5.41, 5.74) is 1.91. The van der Waals surface area contributed by atoms with Crippen molar-refractivity contribution in [3.63, 3.8) is 0 Å². The second-order valence-corrected chi connectivity index (χ2v) is 10.3. The Kier molecular flexibility index (Phi) is 4.90. The van der Waals surface area contributed by atoms with Gasteiger partial charge in [0.2, 0.25) is 0 Å². The predicted molar refractivity (Wildman–Crippen MR) is 114 cm³/mol. The molecule has 1 aromatic heterocycles. The number of methoxy groups -OCH3 is 1. The highest BCUT2D eigenvalue weighted by molar-refractivity contribution is 6.37. The second-order valence-electron chi connectivity index (χ2n) is 9.85. The zero-order valence-electron chi connectivity index (χ0n) is 17.4. The Bertz CT molecular complexity index is 983. The van der Waals surface area contributed by atoms with Crippen LogP contribution in [0.4, 0.5) is 5.69 Å². The molecule has 2 fully saturated rings. The number of hydrogen-bond donors (Lipinski definition) is 3. The van der Waals surface area contributed by atoms with Gasteiger partial charge in [-0.1, -0.05) is 38.4 Å². The Morgan fingerprint density at radius 3 is 2.79 bits per heavy atom. The van der Waals surface area contributed by atoms with Gasteiger partial charge in [-0.2, -0.15) is 0 Å². The van der Waals surface area contributed by atoms with Gasteiger partial charge in [-0.15, -0.1) is 0 Å². The molecule has 6 nitrogen and oxygen atoms in total. The minimum atomic E-state index is -0.536. The average Bonchev–Trinajstić information content (AvgIpc) is 3.09. The van der Waals surface area contributed by atoms with E-state index in [0.29, 0.717) is 45.0 Å². The molecule has 2 aliphatic rings. The predicted octanol–water partition coefficient (Wildman–Crippen LogP) is 3.03. The molecule has 2 bridgehead atoms. The first-order chi connectivity index (χ1) is 13.6. The molecule has 156 valence electrons. The molecule has 0 spiro atoms. The standard InChI is InChI=1S/C22H28ClN3O3/c1-21(2)8-13-9-22(3,11-21)12-26(13)10-16(27)25-18-17-14(23)6-5-7-15(17)24-19(18)20(28)29-4/h5-7,13,24H,8-12H2,1-4H3,(H,25,27)/p+1/t13-,22-/m0/s1. The first kappa shape index (κ1) is 20.2. The van der Waals surface area contributed by atoms with E-state index in [1.54, 1.807) is 12.1 Å². The number of carbonyl (C=O) groups is 2. The number of rotatable bonds is 4. The summed E-state index contributed by atoms with van der Waals surface area (Å²) in [5, 5.41) is 4.06. The number of likely N-dealkylation sites (tertiary alicyclic amines) is 1. The molecule has 1 saturated heterocycles. The van der Waals surface area contributed by atoms with Gasteiger partial charge in [0.05, 0.1) is 30.4 Å². The summed E-state index contributed by atoms with van der Waals surface area (Å²) in [7, 11) is 1.32. The van der Waals surface area contributed by atoms with Crippen molar-refractivity contribution in [2.75, 3.05) is 25.5 Å². The minimum absolute atomic E-state index is 0.111. The van der Waals surface area contributed by atoms with Gasteiger partial charge in [0.15, 0.2) is 6.54 Å². The fourth-order valence-corrected chi connectivity index (χ4v) is 6.20. The third-order valence-corrected chi connectivity index (χ3v) is 6.80. The van der Waals surface area contributed by atoms with Crippen molar-refractivity contribution in [1.29, 1.82) is 0 Å². The van der Waals surface area contributed by atoms with Crippen molar-refractivity contribution < 1.29 is 19.2 Å². The van der Waals surface area contributed by atoms with Crippen molar-refractivity contribution in [3.8, 4) is 0 Å². The van der Waals surface area contributed by atoms with Crippen LogP contribution < -0.4 is 10.2 Å². The fraction of sp³-hybridized carbons (Fsp3) is 0.545. The molecule has 1 saturated carbocycles. The van der Waals surface area contributed by atoms with E-state index in [-0.39, 0.29) is 11.6 Å². The number of hydrogen-bond acceptors (Lipinski definition) is 3. The van der Waals surface area contributed by atoms with E-state index in [4.69, 9.17) is 16.3 Å². The number of nitrogens with one attached hydrogen (secondary N) is 3. The highest BCUT2D eigenvalue weighted by atomic mass is 35.5. The van der Waals surface area contributed by atoms with E-state index in [1.165, 1.54) is 24.9 Å². The summed E-state index contributed by atoms with van der Waals surface area (Å²) in [6.07, 6.45) is 3.51. The van der Waals surface area contributed by atoms with Crippen molar-refractivity contribution in [3.05, 3.63) is 28.9 Å². The number of aromatic nitrogens is 1. The highest BCUT2D eigenvalue weighted by Crippen LogP contribution is 2.47. The van der Waals surface area contributed by atoms with Crippen LogP contribution >= 0.6 is 11.6 Å². The topological polar surface area (TPSA) is 75.6 Å². The molecule has 3 N–H and O–H groups in total. The zero-order chi connectivity index (χ0) is 21.0. The number of esters is 1. The molecule has 1 unspecified atom stereocenters. The number of halogens is 1. The monoisotopic (exact) mass is 418 g/mol. The molecule has 1 aromatic carbocycles. The van der Waals surface area contributed by atoms with Crippen molar-refractivity contribution in [1.82, 2.24) is 4.98 Å². The van der Waals surface area contributed by atoms with E-state index in [1.807, 2.05) is 6.07 Å². The molecule has 1 aliphatic heterocycles. The van der Waals surface area contributed by atoms with Crippen LogP contribution in [0.25, 0.3) is 10.9 Å². The summed E-state index contributed by atoms with van der Waals surface area (Å²) in [6.45, 7) is 8.40. The lowest BCUT2D eigenvalue weighted by Gasteiger charge is -2.37. The second kappa shape index (κ2) is 7.03. The fourth-order valence-electron chi connectivity index (χ4n) is 5.93. The van der Waals surface area contributed by atoms with E-state index in [0.717, 1.165) is 13.0 Å². The number of quaternary nitrogens is 1. The molecule has 0 radical (unpaired) electrons. The van der Waals surface area contributed by atoms with Crippen LogP contribution in [-0.4, -0.2) is 43.1 Å². The third-order valence-electron chi connectivity index (χ3n) is 6.49. The van der Waals surface area contributed by atoms with Gasteiger partial charge in [0, 0.05) is 29.2 Å². The molecule has 1 aliphatic carbocycles. The number of carbonyl (C=O) groups excluding carboxylic acids is 2. The SMILES string of the molecule is COC(=O)c1[nH]c2cccc(Cl)c2c1NC(=O)C[NH+]1C[C@@]2(C)C[C@@H]1CC(C)(C)C2.